The lowest BCUT2D eigenvalue weighted by atomic mass is 9.96. The molecule has 0 fully saturated rings. The molecular formula is C19H26O4. The molecule has 0 aliphatic rings. The first-order valence-electron chi connectivity index (χ1n) is 7.86. The van der Waals surface area contributed by atoms with Gasteiger partial charge < -0.3 is 9.47 Å². The molecule has 126 valence electrons. The van der Waals surface area contributed by atoms with Crippen molar-refractivity contribution in [1.82, 2.24) is 0 Å². The minimum Gasteiger partial charge on any atom is -0.421 e. The number of esters is 2. The van der Waals surface area contributed by atoms with E-state index >= 15 is 0 Å². The Balaban J connectivity index is 3.23. The SMILES string of the molecule is CC(=O)OC(OC(C)=O)C(=Cc1cccc(C(C)C)c1)C(C)C. The molecule has 0 amide bonds. The second kappa shape index (κ2) is 8.51. The molecular weight excluding hydrogens is 292 g/mol. The van der Waals surface area contributed by atoms with Gasteiger partial charge in [-0.15, -0.1) is 0 Å². The standard InChI is InChI=1S/C19H26O4/c1-12(2)17-9-7-8-16(10-17)11-18(13(3)4)19(22-14(5)20)23-15(6)21/h7-13,19H,1-6H3. The highest BCUT2D eigenvalue weighted by molar-refractivity contribution is 5.69. The summed E-state index contributed by atoms with van der Waals surface area (Å²) in [4.78, 5) is 22.6. The first kappa shape index (κ1) is 18.9. The lowest BCUT2D eigenvalue weighted by Gasteiger charge is -2.22. The van der Waals surface area contributed by atoms with Crippen LogP contribution in [-0.4, -0.2) is 18.2 Å². The van der Waals surface area contributed by atoms with Crippen molar-refractivity contribution in [3.63, 3.8) is 0 Å². The predicted octanol–water partition coefficient (Wildman–Crippen LogP) is 4.30. The van der Waals surface area contributed by atoms with Crippen LogP contribution in [0.3, 0.4) is 0 Å². The predicted molar refractivity (Wildman–Crippen MR) is 90.7 cm³/mol. The summed E-state index contributed by atoms with van der Waals surface area (Å²) in [5, 5.41) is 0. The summed E-state index contributed by atoms with van der Waals surface area (Å²) in [7, 11) is 0. The van der Waals surface area contributed by atoms with Gasteiger partial charge in [0, 0.05) is 19.4 Å². The van der Waals surface area contributed by atoms with E-state index in [9.17, 15) is 9.59 Å². The van der Waals surface area contributed by atoms with E-state index in [4.69, 9.17) is 9.47 Å². The summed E-state index contributed by atoms with van der Waals surface area (Å²) >= 11 is 0. The number of benzene rings is 1. The molecule has 4 heteroatoms. The molecule has 0 atom stereocenters. The number of carbonyl (C=O) groups excluding carboxylic acids is 2. The molecule has 0 N–H and O–H groups in total. The molecule has 0 heterocycles. The summed E-state index contributed by atoms with van der Waals surface area (Å²) in [5.41, 5.74) is 2.96. The molecule has 0 spiro atoms. The van der Waals surface area contributed by atoms with Gasteiger partial charge in [0.15, 0.2) is 0 Å². The topological polar surface area (TPSA) is 52.6 Å². The largest absolute Gasteiger partial charge is 0.421 e. The molecule has 1 aromatic rings. The third-order valence-corrected chi connectivity index (χ3v) is 3.40. The van der Waals surface area contributed by atoms with Crippen LogP contribution in [0, 0.1) is 5.92 Å². The number of hydrogen-bond acceptors (Lipinski definition) is 4. The van der Waals surface area contributed by atoms with E-state index in [1.54, 1.807) is 0 Å². The molecule has 0 aliphatic carbocycles. The highest BCUT2D eigenvalue weighted by Crippen LogP contribution is 2.24. The zero-order chi connectivity index (χ0) is 17.6. The number of rotatable bonds is 6. The van der Waals surface area contributed by atoms with Crippen LogP contribution in [0.1, 0.15) is 58.6 Å². The summed E-state index contributed by atoms with van der Waals surface area (Å²) in [6, 6.07) is 8.14. The summed E-state index contributed by atoms with van der Waals surface area (Å²) < 4.78 is 10.4. The van der Waals surface area contributed by atoms with Crippen LogP contribution in [-0.2, 0) is 19.1 Å². The van der Waals surface area contributed by atoms with Crippen molar-refractivity contribution in [2.45, 2.75) is 53.8 Å². The molecule has 23 heavy (non-hydrogen) atoms. The normalized spacial score (nSPS) is 12.0. The van der Waals surface area contributed by atoms with Gasteiger partial charge in [0.25, 0.3) is 6.29 Å². The Labute approximate surface area is 138 Å². The van der Waals surface area contributed by atoms with Crippen molar-refractivity contribution >= 4 is 18.0 Å². The maximum Gasteiger partial charge on any atom is 0.305 e. The van der Waals surface area contributed by atoms with Crippen molar-refractivity contribution in [1.29, 1.82) is 0 Å². The highest BCUT2D eigenvalue weighted by Gasteiger charge is 2.23. The minimum atomic E-state index is -0.993. The fraction of sp³-hybridized carbons (Fsp3) is 0.474. The van der Waals surface area contributed by atoms with Gasteiger partial charge in [0.2, 0.25) is 0 Å². The Bertz CT molecular complexity index is 569. The first-order valence-corrected chi connectivity index (χ1v) is 7.86. The quantitative estimate of drug-likeness (QED) is 0.579. The Morgan fingerprint density at radius 2 is 1.57 bits per heavy atom. The Kier molecular flexibility index (Phi) is 7.01. The molecule has 0 radical (unpaired) electrons. The van der Waals surface area contributed by atoms with Gasteiger partial charge in [0.1, 0.15) is 0 Å². The molecule has 1 rings (SSSR count). The average molecular weight is 318 g/mol. The number of carbonyl (C=O) groups is 2. The molecule has 0 saturated heterocycles. The summed E-state index contributed by atoms with van der Waals surface area (Å²) in [6.45, 7) is 10.8. The van der Waals surface area contributed by atoms with E-state index < -0.39 is 18.2 Å². The molecule has 0 aliphatic heterocycles. The second-order valence-electron chi connectivity index (χ2n) is 6.17. The van der Waals surface area contributed by atoms with Gasteiger partial charge in [-0.1, -0.05) is 52.0 Å². The number of hydrogen-bond donors (Lipinski definition) is 0. The molecule has 4 nitrogen and oxygen atoms in total. The van der Waals surface area contributed by atoms with Crippen molar-refractivity contribution in [3.05, 3.63) is 41.0 Å². The third kappa shape index (κ3) is 6.27. The smallest absolute Gasteiger partial charge is 0.305 e. The van der Waals surface area contributed by atoms with Crippen LogP contribution >= 0.6 is 0 Å². The van der Waals surface area contributed by atoms with Crippen molar-refractivity contribution in [2.24, 2.45) is 5.92 Å². The Hall–Kier alpha value is -2.10. The number of ether oxygens (including phenoxy) is 2. The highest BCUT2D eigenvalue weighted by atomic mass is 16.7. The Morgan fingerprint density at radius 1 is 1.00 bits per heavy atom. The van der Waals surface area contributed by atoms with E-state index in [-0.39, 0.29) is 5.92 Å². The maximum absolute atomic E-state index is 11.3. The summed E-state index contributed by atoms with van der Waals surface area (Å²) in [6.07, 6.45) is 0.931. The van der Waals surface area contributed by atoms with E-state index in [0.29, 0.717) is 5.92 Å². The third-order valence-electron chi connectivity index (χ3n) is 3.40. The van der Waals surface area contributed by atoms with Gasteiger partial charge >= 0.3 is 11.9 Å². The van der Waals surface area contributed by atoms with Crippen LogP contribution in [0.2, 0.25) is 0 Å². The molecule has 0 aromatic heterocycles. The van der Waals surface area contributed by atoms with Crippen LogP contribution in [0.25, 0.3) is 6.08 Å². The fourth-order valence-electron chi connectivity index (χ4n) is 2.17. The van der Waals surface area contributed by atoms with Crippen molar-refractivity contribution in [3.8, 4) is 0 Å². The molecule has 0 unspecified atom stereocenters. The molecule has 0 saturated carbocycles. The van der Waals surface area contributed by atoms with Gasteiger partial charge in [-0.2, -0.15) is 0 Å². The van der Waals surface area contributed by atoms with Crippen molar-refractivity contribution < 1.29 is 19.1 Å². The first-order chi connectivity index (χ1) is 10.7. The van der Waals surface area contributed by atoms with Gasteiger partial charge in [-0.05, 0) is 29.0 Å². The van der Waals surface area contributed by atoms with Crippen LogP contribution < -0.4 is 0 Å². The van der Waals surface area contributed by atoms with E-state index in [1.807, 2.05) is 32.1 Å². The van der Waals surface area contributed by atoms with Gasteiger partial charge in [-0.25, -0.2) is 0 Å². The molecule has 1 aromatic carbocycles. The van der Waals surface area contributed by atoms with Crippen LogP contribution in [0.4, 0.5) is 0 Å². The zero-order valence-electron chi connectivity index (χ0n) is 14.8. The molecule has 0 bridgehead atoms. The maximum atomic E-state index is 11.3. The zero-order valence-corrected chi connectivity index (χ0v) is 14.8. The van der Waals surface area contributed by atoms with Gasteiger partial charge in [0.05, 0.1) is 0 Å². The Morgan fingerprint density at radius 3 is 2.00 bits per heavy atom. The van der Waals surface area contributed by atoms with Crippen molar-refractivity contribution in [2.75, 3.05) is 0 Å². The minimum absolute atomic E-state index is 0.0569. The lowest BCUT2D eigenvalue weighted by molar-refractivity contribution is -0.178. The van der Waals surface area contributed by atoms with Gasteiger partial charge in [-0.3, -0.25) is 9.59 Å². The average Bonchev–Trinajstić information content (AvgIpc) is 2.43. The van der Waals surface area contributed by atoms with E-state index in [2.05, 4.69) is 26.0 Å². The monoisotopic (exact) mass is 318 g/mol. The van der Waals surface area contributed by atoms with E-state index in [0.717, 1.165) is 11.1 Å². The second-order valence-corrected chi connectivity index (χ2v) is 6.17. The van der Waals surface area contributed by atoms with E-state index in [1.165, 1.54) is 19.4 Å². The fourth-order valence-corrected chi connectivity index (χ4v) is 2.17. The van der Waals surface area contributed by atoms with Crippen LogP contribution in [0.5, 0.6) is 0 Å². The van der Waals surface area contributed by atoms with Crippen LogP contribution in [0.15, 0.2) is 29.8 Å². The lowest BCUT2D eigenvalue weighted by Crippen LogP contribution is -2.26. The summed E-state index contributed by atoms with van der Waals surface area (Å²) in [5.74, 6) is -0.498.